The molecule has 0 amide bonds. The molecule has 1 aliphatic rings. The maximum atomic E-state index is 12.7. The molecule has 1 aliphatic heterocycles. The van der Waals surface area contributed by atoms with Crippen molar-refractivity contribution in [1.29, 1.82) is 0 Å². The third-order valence-electron chi connectivity index (χ3n) is 4.93. The van der Waals surface area contributed by atoms with E-state index in [9.17, 15) is 4.57 Å². The Balaban J connectivity index is 1.66. The molecule has 2 aromatic carbocycles. The van der Waals surface area contributed by atoms with Crippen LogP contribution in [-0.2, 0) is 11.0 Å². The van der Waals surface area contributed by atoms with Gasteiger partial charge in [0.15, 0.2) is 5.82 Å². The third-order valence-corrected chi connectivity index (χ3v) is 6.76. The summed E-state index contributed by atoms with van der Waals surface area (Å²) in [6, 6.07) is 11.4. The summed E-state index contributed by atoms with van der Waals surface area (Å²) in [5.74, 6) is 1.47. The fraction of sp³-hybridized carbons (Fsp3) is 0.227. The fourth-order valence-corrected chi connectivity index (χ4v) is 4.70. The summed E-state index contributed by atoms with van der Waals surface area (Å²) >= 11 is 6.34. The number of rotatable bonds is 6. The van der Waals surface area contributed by atoms with Gasteiger partial charge in [-0.2, -0.15) is 4.98 Å². The van der Waals surface area contributed by atoms with Gasteiger partial charge in [0, 0.05) is 18.1 Å². The molecule has 0 saturated carbocycles. The number of fused-ring (bicyclic) bond motifs is 1. The molecule has 160 valence electrons. The number of nitrogens with zero attached hydrogens (tertiary/aromatic N) is 3. The van der Waals surface area contributed by atoms with Crippen molar-refractivity contribution >= 4 is 53.4 Å². The number of methoxy groups -OCH3 is 1. The molecule has 0 saturated heterocycles. The topological polar surface area (TPSA) is 88.5 Å². The summed E-state index contributed by atoms with van der Waals surface area (Å²) in [6.45, 7) is 4.24. The van der Waals surface area contributed by atoms with Gasteiger partial charge >= 0.3 is 0 Å². The number of para-hydroxylation sites is 1. The first-order valence-electron chi connectivity index (χ1n) is 9.77. The number of anilines is 4. The lowest BCUT2D eigenvalue weighted by molar-refractivity contribution is 0.416. The first-order valence-corrected chi connectivity index (χ1v) is 12.7. The quantitative estimate of drug-likeness (QED) is 0.516. The van der Waals surface area contributed by atoms with Crippen LogP contribution in [0.2, 0.25) is 5.02 Å². The van der Waals surface area contributed by atoms with Crippen LogP contribution in [0.4, 0.5) is 23.1 Å². The smallest absolute Gasteiger partial charge is 0.229 e. The molecule has 0 spiro atoms. The molecule has 0 aliphatic carbocycles. The Kier molecular flexibility index (Phi) is 5.99. The molecule has 1 aromatic heterocycles. The molecule has 3 aromatic rings. The van der Waals surface area contributed by atoms with Crippen LogP contribution in [0.25, 0.3) is 0 Å². The van der Waals surface area contributed by atoms with Gasteiger partial charge in [0.2, 0.25) is 5.95 Å². The Labute approximate surface area is 186 Å². The van der Waals surface area contributed by atoms with Crippen molar-refractivity contribution in [2.45, 2.75) is 6.42 Å². The predicted molar refractivity (Wildman–Crippen MR) is 128 cm³/mol. The summed E-state index contributed by atoms with van der Waals surface area (Å²) in [4.78, 5) is 13.2. The third kappa shape index (κ3) is 4.73. The van der Waals surface area contributed by atoms with E-state index in [2.05, 4.69) is 25.6 Å². The number of hydrogen-bond acceptors (Lipinski definition) is 7. The van der Waals surface area contributed by atoms with Crippen molar-refractivity contribution in [3.63, 3.8) is 0 Å². The molecule has 0 unspecified atom stereocenters. The van der Waals surface area contributed by atoms with E-state index in [1.807, 2.05) is 42.6 Å². The van der Waals surface area contributed by atoms with Crippen LogP contribution in [-0.4, -0.2) is 43.2 Å². The van der Waals surface area contributed by atoms with Crippen LogP contribution in [0.15, 0.2) is 47.6 Å². The summed E-state index contributed by atoms with van der Waals surface area (Å²) in [7, 11) is -0.861. The van der Waals surface area contributed by atoms with Crippen molar-refractivity contribution in [2.24, 2.45) is 4.99 Å². The van der Waals surface area contributed by atoms with Crippen LogP contribution < -0.4 is 20.7 Å². The number of aliphatic imine (C=N–C) groups is 1. The minimum atomic E-state index is -2.49. The average molecular weight is 456 g/mol. The van der Waals surface area contributed by atoms with E-state index in [-0.39, 0.29) is 0 Å². The minimum absolute atomic E-state index is 0.353. The zero-order valence-corrected chi connectivity index (χ0v) is 19.2. The lowest BCUT2D eigenvalue weighted by Gasteiger charge is -2.17. The van der Waals surface area contributed by atoms with Gasteiger partial charge in [0.05, 0.1) is 24.7 Å². The second-order valence-corrected chi connectivity index (χ2v) is 11.1. The van der Waals surface area contributed by atoms with E-state index in [4.69, 9.17) is 16.3 Å². The second-order valence-electron chi connectivity index (χ2n) is 7.54. The lowest BCUT2D eigenvalue weighted by Crippen LogP contribution is -2.11. The average Bonchev–Trinajstić information content (AvgIpc) is 2.75. The van der Waals surface area contributed by atoms with Crippen molar-refractivity contribution in [1.82, 2.24) is 9.97 Å². The first kappa shape index (κ1) is 21.3. The van der Waals surface area contributed by atoms with Gasteiger partial charge in [-0.05, 0) is 55.1 Å². The number of ether oxygens (including phenoxy) is 1. The van der Waals surface area contributed by atoms with E-state index in [0.717, 1.165) is 29.5 Å². The monoisotopic (exact) mass is 455 g/mol. The molecular formula is C22H23ClN5O2P. The number of benzene rings is 2. The highest BCUT2D eigenvalue weighted by Crippen LogP contribution is 2.39. The van der Waals surface area contributed by atoms with Gasteiger partial charge in [0.25, 0.3) is 0 Å². The molecule has 0 fully saturated rings. The molecule has 9 heteroatoms. The normalized spacial score (nSPS) is 12.9. The Hall–Kier alpha value is -2.89. The molecule has 2 N–H and O–H groups in total. The molecule has 4 rings (SSSR count). The second kappa shape index (κ2) is 8.69. The predicted octanol–water partition coefficient (Wildman–Crippen LogP) is 4.85. The van der Waals surface area contributed by atoms with E-state index in [1.165, 1.54) is 11.8 Å². The van der Waals surface area contributed by atoms with E-state index in [0.29, 0.717) is 28.2 Å². The summed E-state index contributed by atoms with van der Waals surface area (Å²) in [5.41, 5.74) is 3.66. The highest BCUT2D eigenvalue weighted by atomic mass is 35.5. The van der Waals surface area contributed by atoms with Crippen molar-refractivity contribution in [3.05, 3.63) is 58.7 Å². The number of aromatic nitrogens is 2. The Morgan fingerprint density at radius 2 is 1.94 bits per heavy atom. The van der Waals surface area contributed by atoms with Gasteiger partial charge in [-0.1, -0.05) is 23.7 Å². The summed E-state index contributed by atoms with van der Waals surface area (Å²) in [5, 5.41) is 7.50. The van der Waals surface area contributed by atoms with Gasteiger partial charge in [-0.3, -0.25) is 4.99 Å². The standard InChI is InChI=1S/C22H23ClN5O2P/c1-30-19-11-14-8-9-24-12-15(14)10-18(19)27-22-25-13-16(23)21(28-22)26-17-6-4-5-7-20(17)31(2,3)29/h4-7,10-13H,8-9H2,1-3H3,(H2,25,26,27,28). The van der Waals surface area contributed by atoms with E-state index < -0.39 is 7.14 Å². The maximum Gasteiger partial charge on any atom is 0.229 e. The highest BCUT2D eigenvalue weighted by molar-refractivity contribution is 7.70. The Morgan fingerprint density at radius 3 is 2.71 bits per heavy atom. The van der Waals surface area contributed by atoms with Crippen molar-refractivity contribution in [3.8, 4) is 5.75 Å². The minimum Gasteiger partial charge on any atom is -0.495 e. The van der Waals surface area contributed by atoms with Crippen LogP contribution in [0.3, 0.4) is 0 Å². The maximum absolute atomic E-state index is 12.7. The highest BCUT2D eigenvalue weighted by Gasteiger charge is 2.18. The zero-order chi connectivity index (χ0) is 22.0. The summed E-state index contributed by atoms with van der Waals surface area (Å²) in [6.07, 6.45) is 4.27. The molecule has 7 nitrogen and oxygen atoms in total. The number of hydrogen-bond donors (Lipinski definition) is 2. The van der Waals surface area contributed by atoms with Crippen LogP contribution in [0, 0.1) is 0 Å². The summed E-state index contributed by atoms with van der Waals surface area (Å²) < 4.78 is 18.2. The molecule has 2 heterocycles. The molecule has 0 bridgehead atoms. The molecular weight excluding hydrogens is 433 g/mol. The Morgan fingerprint density at radius 1 is 1.13 bits per heavy atom. The van der Waals surface area contributed by atoms with E-state index in [1.54, 1.807) is 20.4 Å². The zero-order valence-electron chi connectivity index (χ0n) is 17.5. The number of halogens is 1. The molecule has 31 heavy (non-hydrogen) atoms. The lowest BCUT2D eigenvalue weighted by atomic mass is 10.0. The Bertz CT molecular complexity index is 1210. The number of nitrogens with one attached hydrogen (secondary N) is 2. The first-order chi connectivity index (χ1) is 14.8. The van der Waals surface area contributed by atoms with Gasteiger partial charge in [-0.15, -0.1) is 0 Å². The molecule has 0 atom stereocenters. The van der Waals surface area contributed by atoms with Crippen LogP contribution in [0.1, 0.15) is 11.1 Å². The SMILES string of the molecule is COc1cc2c(cc1Nc1ncc(Cl)c(Nc3ccccc3P(C)(C)=O)n1)C=NCC2. The van der Waals surface area contributed by atoms with Crippen LogP contribution in [0.5, 0.6) is 5.75 Å². The molecule has 0 radical (unpaired) electrons. The fourth-order valence-electron chi connectivity index (χ4n) is 3.40. The largest absolute Gasteiger partial charge is 0.495 e. The van der Waals surface area contributed by atoms with Crippen molar-refractivity contribution < 1.29 is 9.30 Å². The van der Waals surface area contributed by atoms with Crippen LogP contribution >= 0.6 is 18.7 Å². The van der Waals surface area contributed by atoms with Gasteiger partial charge in [0.1, 0.15) is 17.9 Å². The van der Waals surface area contributed by atoms with E-state index >= 15 is 0 Å². The van der Waals surface area contributed by atoms with Gasteiger partial charge < -0.3 is 19.9 Å². The van der Waals surface area contributed by atoms with Gasteiger partial charge in [-0.25, -0.2) is 4.98 Å². The van der Waals surface area contributed by atoms with Crippen molar-refractivity contribution in [2.75, 3.05) is 37.6 Å².